The number of nitrogens with zero attached hydrogens (tertiary/aromatic N) is 3. The molecule has 0 saturated heterocycles. The van der Waals surface area contributed by atoms with E-state index in [0.29, 0.717) is 0 Å². The van der Waals surface area contributed by atoms with Crippen molar-refractivity contribution >= 4 is 11.5 Å². The van der Waals surface area contributed by atoms with Crippen LogP contribution in [0.15, 0.2) is 36.5 Å². The predicted molar refractivity (Wildman–Crippen MR) is 79.5 cm³/mol. The number of pyridine rings is 2. The third-order valence-corrected chi connectivity index (χ3v) is 3.05. The Kier molecular flexibility index (Phi) is 4.34. The van der Waals surface area contributed by atoms with Gasteiger partial charge in [-0.3, -0.25) is 4.98 Å². The van der Waals surface area contributed by atoms with Crippen LogP contribution in [0, 0.1) is 6.92 Å². The molecule has 0 aliphatic heterocycles. The van der Waals surface area contributed by atoms with Crippen LogP contribution in [0.1, 0.15) is 18.3 Å². The van der Waals surface area contributed by atoms with Gasteiger partial charge in [0.15, 0.2) is 0 Å². The summed E-state index contributed by atoms with van der Waals surface area (Å²) in [6.45, 7) is 5.91. The van der Waals surface area contributed by atoms with Crippen molar-refractivity contribution in [2.24, 2.45) is 0 Å². The third-order valence-electron chi connectivity index (χ3n) is 3.05. The van der Waals surface area contributed by atoms with Gasteiger partial charge in [-0.15, -0.1) is 0 Å². The van der Waals surface area contributed by atoms with Crippen molar-refractivity contribution in [2.45, 2.75) is 20.4 Å². The Morgan fingerprint density at radius 1 is 1.26 bits per heavy atom. The fourth-order valence-electron chi connectivity index (χ4n) is 2.02. The fraction of sp³-hybridized carbons (Fsp3) is 0.333. The summed E-state index contributed by atoms with van der Waals surface area (Å²) >= 11 is 0. The van der Waals surface area contributed by atoms with Gasteiger partial charge in [-0.1, -0.05) is 6.07 Å². The quantitative estimate of drug-likeness (QED) is 0.893. The van der Waals surface area contributed by atoms with Gasteiger partial charge in [0.1, 0.15) is 5.82 Å². The Morgan fingerprint density at radius 2 is 2.11 bits per heavy atom. The molecule has 2 rings (SSSR count). The summed E-state index contributed by atoms with van der Waals surface area (Å²) in [6.07, 6.45) is 1.83. The zero-order valence-electron chi connectivity index (χ0n) is 11.7. The zero-order valence-corrected chi connectivity index (χ0v) is 11.7. The summed E-state index contributed by atoms with van der Waals surface area (Å²) < 4.78 is 0. The van der Waals surface area contributed by atoms with Gasteiger partial charge in [0, 0.05) is 37.2 Å². The molecule has 0 spiro atoms. The van der Waals surface area contributed by atoms with Crippen molar-refractivity contribution in [1.29, 1.82) is 0 Å². The van der Waals surface area contributed by atoms with Crippen LogP contribution in [0.5, 0.6) is 0 Å². The van der Waals surface area contributed by atoms with E-state index in [-0.39, 0.29) is 0 Å². The maximum Gasteiger partial charge on any atom is 0.127 e. The van der Waals surface area contributed by atoms with Gasteiger partial charge in [0.2, 0.25) is 0 Å². The van der Waals surface area contributed by atoms with E-state index in [1.54, 1.807) is 0 Å². The second kappa shape index (κ2) is 6.18. The van der Waals surface area contributed by atoms with Crippen LogP contribution in [0.4, 0.5) is 11.5 Å². The standard InChI is InChI=1S/C15H20N4/c1-4-19(11-13-7-5-6-12(2)18-13)14-8-9-17-15(10-14)16-3/h5-10H,4,11H2,1-3H3,(H,16,17). The minimum atomic E-state index is 0.811. The van der Waals surface area contributed by atoms with Gasteiger partial charge in [0.25, 0.3) is 0 Å². The van der Waals surface area contributed by atoms with Gasteiger partial charge in [-0.25, -0.2) is 4.98 Å². The molecule has 4 nitrogen and oxygen atoms in total. The third kappa shape index (κ3) is 3.44. The first-order valence-corrected chi connectivity index (χ1v) is 6.54. The molecule has 0 unspecified atom stereocenters. The smallest absolute Gasteiger partial charge is 0.127 e. The number of nitrogens with one attached hydrogen (secondary N) is 1. The number of aromatic nitrogens is 2. The highest BCUT2D eigenvalue weighted by molar-refractivity contribution is 5.53. The summed E-state index contributed by atoms with van der Waals surface area (Å²) in [6, 6.07) is 10.2. The SMILES string of the molecule is CCN(Cc1cccc(C)n1)c1ccnc(NC)c1. The highest BCUT2D eigenvalue weighted by Crippen LogP contribution is 2.18. The molecule has 0 bridgehead atoms. The van der Waals surface area contributed by atoms with E-state index in [9.17, 15) is 0 Å². The van der Waals surface area contributed by atoms with Crippen molar-refractivity contribution in [3.8, 4) is 0 Å². The van der Waals surface area contributed by atoms with Crippen LogP contribution in [-0.4, -0.2) is 23.6 Å². The van der Waals surface area contributed by atoms with Crippen LogP contribution < -0.4 is 10.2 Å². The van der Waals surface area contributed by atoms with Crippen molar-refractivity contribution in [1.82, 2.24) is 9.97 Å². The largest absolute Gasteiger partial charge is 0.373 e. The van der Waals surface area contributed by atoms with Gasteiger partial charge in [-0.05, 0) is 32.0 Å². The predicted octanol–water partition coefficient (Wildman–Crippen LogP) is 2.85. The molecular weight excluding hydrogens is 236 g/mol. The maximum absolute atomic E-state index is 4.56. The van der Waals surface area contributed by atoms with E-state index < -0.39 is 0 Å². The lowest BCUT2D eigenvalue weighted by Crippen LogP contribution is -2.22. The minimum absolute atomic E-state index is 0.811. The first kappa shape index (κ1) is 13.3. The van der Waals surface area contributed by atoms with Crippen molar-refractivity contribution in [3.63, 3.8) is 0 Å². The Balaban J connectivity index is 2.19. The van der Waals surface area contributed by atoms with Crippen molar-refractivity contribution in [3.05, 3.63) is 47.9 Å². The molecule has 2 aromatic rings. The second-order valence-electron chi connectivity index (χ2n) is 4.43. The Bertz CT molecular complexity index is 539. The molecule has 0 aliphatic carbocycles. The fourth-order valence-corrected chi connectivity index (χ4v) is 2.02. The van der Waals surface area contributed by atoms with Crippen LogP contribution in [0.3, 0.4) is 0 Å². The zero-order chi connectivity index (χ0) is 13.7. The van der Waals surface area contributed by atoms with Gasteiger partial charge < -0.3 is 10.2 Å². The highest BCUT2D eigenvalue weighted by atomic mass is 15.1. The molecule has 19 heavy (non-hydrogen) atoms. The van der Waals surface area contributed by atoms with E-state index in [2.05, 4.69) is 45.3 Å². The topological polar surface area (TPSA) is 41.1 Å². The summed E-state index contributed by atoms with van der Waals surface area (Å²) in [5.74, 6) is 0.883. The summed E-state index contributed by atoms with van der Waals surface area (Å²) in [4.78, 5) is 11.1. The number of rotatable bonds is 5. The summed E-state index contributed by atoms with van der Waals surface area (Å²) in [5, 5.41) is 3.07. The number of hydrogen-bond donors (Lipinski definition) is 1. The van der Waals surface area contributed by atoms with Crippen molar-refractivity contribution in [2.75, 3.05) is 23.8 Å². The summed E-state index contributed by atoms with van der Waals surface area (Å²) in [5.41, 5.74) is 3.30. The lowest BCUT2D eigenvalue weighted by molar-refractivity contribution is 0.805. The Hall–Kier alpha value is -2.10. The van der Waals surface area contributed by atoms with Crippen LogP contribution in [0.25, 0.3) is 0 Å². The molecule has 2 heterocycles. The van der Waals surface area contributed by atoms with Gasteiger partial charge in [-0.2, -0.15) is 0 Å². The molecule has 100 valence electrons. The number of anilines is 2. The Morgan fingerprint density at radius 3 is 2.79 bits per heavy atom. The molecule has 4 heteroatoms. The molecule has 2 aromatic heterocycles. The summed E-state index contributed by atoms with van der Waals surface area (Å²) in [7, 11) is 1.88. The van der Waals surface area contributed by atoms with Gasteiger partial charge >= 0.3 is 0 Å². The lowest BCUT2D eigenvalue weighted by atomic mass is 10.2. The average Bonchev–Trinajstić information content (AvgIpc) is 2.45. The lowest BCUT2D eigenvalue weighted by Gasteiger charge is -2.23. The highest BCUT2D eigenvalue weighted by Gasteiger charge is 2.07. The Labute approximate surface area is 114 Å². The number of hydrogen-bond acceptors (Lipinski definition) is 4. The molecule has 0 fully saturated rings. The number of aryl methyl sites for hydroxylation is 1. The van der Waals surface area contributed by atoms with E-state index in [1.807, 2.05) is 32.3 Å². The minimum Gasteiger partial charge on any atom is -0.373 e. The maximum atomic E-state index is 4.56. The van der Waals surface area contributed by atoms with E-state index in [1.165, 1.54) is 0 Å². The monoisotopic (exact) mass is 256 g/mol. The van der Waals surface area contributed by atoms with Crippen LogP contribution >= 0.6 is 0 Å². The molecule has 0 aromatic carbocycles. The second-order valence-corrected chi connectivity index (χ2v) is 4.43. The van der Waals surface area contributed by atoms with E-state index in [0.717, 1.165) is 36.0 Å². The van der Waals surface area contributed by atoms with Crippen LogP contribution in [0.2, 0.25) is 0 Å². The van der Waals surface area contributed by atoms with Crippen LogP contribution in [-0.2, 0) is 6.54 Å². The van der Waals surface area contributed by atoms with E-state index >= 15 is 0 Å². The average molecular weight is 256 g/mol. The normalized spacial score (nSPS) is 10.3. The molecule has 0 atom stereocenters. The van der Waals surface area contributed by atoms with Gasteiger partial charge in [0.05, 0.1) is 12.2 Å². The molecule has 0 amide bonds. The molecule has 0 saturated carbocycles. The molecular formula is C15H20N4. The first-order chi connectivity index (χ1) is 9.22. The molecule has 0 aliphatic rings. The van der Waals surface area contributed by atoms with Crippen molar-refractivity contribution < 1.29 is 0 Å². The first-order valence-electron chi connectivity index (χ1n) is 6.54. The van der Waals surface area contributed by atoms with E-state index in [4.69, 9.17) is 0 Å². The molecule has 1 N–H and O–H groups in total. The molecule has 0 radical (unpaired) electrons.